The van der Waals surface area contributed by atoms with Crippen LogP contribution in [-0.2, 0) is 24.9 Å². The molecule has 2 aromatic heterocycles. The van der Waals surface area contributed by atoms with E-state index in [1.807, 2.05) is 18.2 Å². The number of hydrogen-bond acceptors (Lipinski definition) is 6. The van der Waals surface area contributed by atoms with Gasteiger partial charge in [0.1, 0.15) is 11.5 Å². The number of nitrogens with zero attached hydrogens (tertiary/aromatic N) is 5. The Balaban J connectivity index is 1.44. The van der Waals surface area contributed by atoms with Crippen LogP contribution in [0.2, 0.25) is 0 Å². The average molecular weight is 453 g/mol. The van der Waals surface area contributed by atoms with E-state index in [1.54, 1.807) is 29.9 Å². The summed E-state index contributed by atoms with van der Waals surface area (Å²) in [5, 5.41) is 12.0. The Morgan fingerprint density at radius 3 is 2.50 bits per heavy atom. The summed E-state index contributed by atoms with van der Waals surface area (Å²) in [5.41, 5.74) is 1.59. The Hall–Kier alpha value is -2.91. The van der Waals surface area contributed by atoms with E-state index >= 15 is 0 Å². The number of hydrogen-bond donors (Lipinski definition) is 1. The van der Waals surface area contributed by atoms with E-state index in [1.165, 1.54) is 31.0 Å². The molecule has 0 radical (unpaired) electrons. The molecule has 0 saturated carbocycles. The summed E-state index contributed by atoms with van der Waals surface area (Å²) in [6.07, 6.45) is 5.47. The first-order valence-electron chi connectivity index (χ1n) is 10.9. The zero-order chi connectivity index (χ0) is 22.3. The largest absolute Gasteiger partial charge is 0.347 e. The minimum absolute atomic E-state index is 0.0901. The van der Waals surface area contributed by atoms with Crippen molar-refractivity contribution in [1.82, 2.24) is 29.5 Å². The molecule has 0 spiro atoms. The van der Waals surface area contributed by atoms with Gasteiger partial charge in [-0.1, -0.05) is 48.5 Å². The highest BCUT2D eigenvalue weighted by atomic mass is 32.2. The van der Waals surface area contributed by atoms with Crippen LogP contribution in [0.4, 0.5) is 0 Å². The maximum Gasteiger partial charge on any atom is 0.274 e. The zero-order valence-corrected chi connectivity index (χ0v) is 19.1. The number of piperidine rings is 1. The number of nitrogens with one attached hydrogen (secondary N) is 1. The Kier molecular flexibility index (Phi) is 7.39. The van der Waals surface area contributed by atoms with Gasteiger partial charge >= 0.3 is 0 Å². The standard InChI is InChI=1S/C23H28N6O2S/c1-27-12-8-11-19(27)22(31)24-21(30)17-32-23-26-25-20(16-28-13-6-3-7-14-28)29(23)15-18-9-4-2-5-10-18/h2,4-5,8-12H,3,6-7,13-17H2,1H3,(H,24,30,31). The predicted octanol–water partition coefficient (Wildman–Crippen LogP) is 2.70. The number of carbonyl (C=O) groups is 2. The summed E-state index contributed by atoms with van der Waals surface area (Å²) in [6, 6.07) is 13.6. The Bertz CT molecular complexity index is 1060. The lowest BCUT2D eigenvalue weighted by Crippen LogP contribution is -2.33. The number of imide groups is 1. The van der Waals surface area contributed by atoms with Gasteiger partial charge in [0.05, 0.1) is 18.8 Å². The van der Waals surface area contributed by atoms with Crippen LogP contribution < -0.4 is 5.32 Å². The van der Waals surface area contributed by atoms with Gasteiger partial charge in [-0.2, -0.15) is 0 Å². The third-order valence-electron chi connectivity index (χ3n) is 5.55. The quantitative estimate of drug-likeness (QED) is 0.529. The molecule has 1 aliphatic rings. The first-order chi connectivity index (χ1) is 15.6. The molecular formula is C23H28N6O2S. The van der Waals surface area contributed by atoms with Crippen LogP contribution in [0, 0.1) is 0 Å². The number of likely N-dealkylation sites (tertiary alicyclic amines) is 1. The molecule has 1 aromatic carbocycles. The molecule has 8 nitrogen and oxygen atoms in total. The molecule has 4 rings (SSSR count). The van der Waals surface area contributed by atoms with Crippen LogP contribution in [0.15, 0.2) is 53.8 Å². The van der Waals surface area contributed by atoms with Crippen LogP contribution in [-0.4, -0.2) is 54.9 Å². The van der Waals surface area contributed by atoms with Crippen molar-refractivity contribution >= 4 is 23.6 Å². The summed E-state index contributed by atoms with van der Waals surface area (Å²) in [7, 11) is 1.77. The highest BCUT2D eigenvalue weighted by molar-refractivity contribution is 7.99. The van der Waals surface area contributed by atoms with Gasteiger partial charge in [-0.25, -0.2) is 0 Å². The minimum atomic E-state index is -0.403. The van der Waals surface area contributed by atoms with Gasteiger partial charge in [-0.3, -0.25) is 19.8 Å². The molecule has 2 amide bonds. The van der Waals surface area contributed by atoms with Gasteiger partial charge < -0.3 is 9.13 Å². The molecule has 1 saturated heterocycles. The molecule has 0 unspecified atom stereocenters. The smallest absolute Gasteiger partial charge is 0.274 e. The van der Waals surface area contributed by atoms with Crippen LogP contribution in [0.3, 0.4) is 0 Å². The summed E-state index contributed by atoms with van der Waals surface area (Å²) in [6.45, 7) is 3.54. The van der Waals surface area contributed by atoms with E-state index in [4.69, 9.17) is 0 Å². The summed E-state index contributed by atoms with van der Waals surface area (Å²) in [4.78, 5) is 27.1. The van der Waals surface area contributed by atoms with Crippen molar-refractivity contribution in [2.24, 2.45) is 7.05 Å². The number of aryl methyl sites for hydroxylation is 1. The molecule has 3 heterocycles. The first-order valence-corrected chi connectivity index (χ1v) is 11.9. The predicted molar refractivity (Wildman–Crippen MR) is 123 cm³/mol. The van der Waals surface area contributed by atoms with Crippen molar-refractivity contribution in [2.75, 3.05) is 18.8 Å². The van der Waals surface area contributed by atoms with E-state index in [2.05, 4.69) is 37.1 Å². The fourth-order valence-corrected chi connectivity index (χ4v) is 4.60. The third-order valence-corrected chi connectivity index (χ3v) is 6.52. The summed E-state index contributed by atoms with van der Waals surface area (Å²) < 4.78 is 3.76. The van der Waals surface area contributed by atoms with Crippen molar-refractivity contribution in [2.45, 2.75) is 37.5 Å². The molecule has 3 aromatic rings. The van der Waals surface area contributed by atoms with Crippen molar-refractivity contribution in [3.63, 3.8) is 0 Å². The molecule has 0 aliphatic carbocycles. The van der Waals surface area contributed by atoms with E-state index in [0.29, 0.717) is 17.4 Å². The van der Waals surface area contributed by atoms with Crippen LogP contribution in [0.1, 0.15) is 41.1 Å². The lowest BCUT2D eigenvalue weighted by molar-refractivity contribution is -0.117. The molecule has 1 fully saturated rings. The SMILES string of the molecule is Cn1cccc1C(=O)NC(=O)CSc1nnc(CN2CCCCC2)n1Cc1ccccc1. The van der Waals surface area contributed by atoms with Crippen molar-refractivity contribution < 1.29 is 9.59 Å². The molecule has 0 bridgehead atoms. The third kappa shape index (κ3) is 5.66. The molecule has 1 aliphatic heterocycles. The Morgan fingerprint density at radius 2 is 1.78 bits per heavy atom. The monoisotopic (exact) mass is 452 g/mol. The van der Waals surface area contributed by atoms with Gasteiger partial charge in [0.15, 0.2) is 5.16 Å². The minimum Gasteiger partial charge on any atom is -0.347 e. The van der Waals surface area contributed by atoms with Crippen LogP contribution in [0.25, 0.3) is 0 Å². The maximum absolute atomic E-state index is 12.4. The lowest BCUT2D eigenvalue weighted by Gasteiger charge is -2.26. The Labute approximate surface area is 192 Å². The molecular weight excluding hydrogens is 424 g/mol. The average Bonchev–Trinajstić information content (AvgIpc) is 3.40. The van der Waals surface area contributed by atoms with Gasteiger partial charge in [0, 0.05) is 13.2 Å². The lowest BCUT2D eigenvalue weighted by atomic mass is 10.1. The number of rotatable bonds is 8. The normalized spacial score (nSPS) is 14.4. The summed E-state index contributed by atoms with van der Waals surface area (Å²) in [5.74, 6) is 0.235. The van der Waals surface area contributed by atoms with Gasteiger partial charge in [0.25, 0.3) is 5.91 Å². The number of amides is 2. The van der Waals surface area contributed by atoms with Crippen molar-refractivity contribution in [3.8, 4) is 0 Å². The maximum atomic E-state index is 12.4. The van der Waals surface area contributed by atoms with Gasteiger partial charge in [-0.05, 0) is 43.6 Å². The fourth-order valence-electron chi connectivity index (χ4n) is 3.84. The Morgan fingerprint density at radius 1 is 1.00 bits per heavy atom. The highest BCUT2D eigenvalue weighted by Crippen LogP contribution is 2.21. The zero-order valence-electron chi connectivity index (χ0n) is 18.2. The van der Waals surface area contributed by atoms with Gasteiger partial charge in [0.2, 0.25) is 5.91 Å². The number of thioether (sulfide) groups is 1. The second kappa shape index (κ2) is 10.6. The summed E-state index contributed by atoms with van der Waals surface area (Å²) >= 11 is 1.30. The number of benzene rings is 1. The van der Waals surface area contributed by atoms with Crippen molar-refractivity contribution in [3.05, 3.63) is 65.7 Å². The van der Waals surface area contributed by atoms with E-state index < -0.39 is 5.91 Å². The number of aromatic nitrogens is 4. The van der Waals surface area contributed by atoms with Crippen LogP contribution in [0.5, 0.6) is 0 Å². The molecule has 1 N–H and O–H groups in total. The molecule has 9 heteroatoms. The van der Waals surface area contributed by atoms with E-state index in [0.717, 1.165) is 31.0 Å². The second-order valence-corrected chi connectivity index (χ2v) is 8.92. The molecule has 0 atom stereocenters. The van der Waals surface area contributed by atoms with E-state index in [-0.39, 0.29) is 11.7 Å². The fraction of sp³-hybridized carbons (Fsp3) is 0.391. The highest BCUT2D eigenvalue weighted by Gasteiger charge is 2.19. The van der Waals surface area contributed by atoms with Gasteiger partial charge in [-0.15, -0.1) is 10.2 Å². The molecule has 32 heavy (non-hydrogen) atoms. The van der Waals surface area contributed by atoms with Crippen LogP contribution >= 0.6 is 11.8 Å². The topological polar surface area (TPSA) is 85.0 Å². The van der Waals surface area contributed by atoms with Crippen molar-refractivity contribution in [1.29, 1.82) is 0 Å². The molecule has 168 valence electrons. The number of carbonyl (C=O) groups excluding carboxylic acids is 2. The first kappa shape index (κ1) is 22.3. The second-order valence-electron chi connectivity index (χ2n) is 7.98. The van der Waals surface area contributed by atoms with E-state index in [9.17, 15) is 9.59 Å².